The summed E-state index contributed by atoms with van der Waals surface area (Å²) < 4.78 is 6.12. The van der Waals surface area contributed by atoms with Gasteiger partial charge in [0, 0.05) is 55.2 Å². The Hall–Kier alpha value is -4.37. The van der Waals surface area contributed by atoms with Gasteiger partial charge < -0.3 is 40.6 Å². The van der Waals surface area contributed by atoms with Crippen molar-refractivity contribution in [3.63, 3.8) is 0 Å². The van der Waals surface area contributed by atoms with Crippen molar-refractivity contribution in [2.45, 2.75) is 49.7 Å². The number of likely N-dealkylation sites (N-methyl/N-ethyl adjacent to an activating group) is 1. The summed E-state index contributed by atoms with van der Waals surface area (Å²) >= 11 is 2.68. The number of benzene rings is 2. The van der Waals surface area contributed by atoms with Gasteiger partial charge in [-0.15, -0.1) is 22.7 Å². The van der Waals surface area contributed by atoms with Gasteiger partial charge >= 0.3 is 5.97 Å². The van der Waals surface area contributed by atoms with E-state index in [2.05, 4.69) is 27.6 Å². The predicted octanol–water partition coefficient (Wildman–Crippen LogP) is 4.49. The van der Waals surface area contributed by atoms with Crippen LogP contribution in [0.4, 0.5) is 0 Å². The third-order valence-corrected chi connectivity index (χ3v) is 12.5. The van der Waals surface area contributed by atoms with Crippen molar-refractivity contribution >= 4 is 45.5 Å². The molecule has 272 valence electrons. The first-order valence-corrected chi connectivity index (χ1v) is 19.2. The number of aliphatic hydroxyl groups is 2. The number of fused-ring (bicyclic) bond motifs is 3. The number of rotatable bonds is 14. The lowest BCUT2D eigenvalue weighted by atomic mass is 9.96. The second-order valence-corrected chi connectivity index (χ2v) is 15.6. The molecule has 5 aromatic rings. The normalized spacial score (nSPS) is 20.4. The zero-order valence-corrected chi connectivity index (χ0v) is 30.3. The molecule has 11 nitrogen and oxygen atoms in total. The SMILES string of the molecule is CN(CCNC(=O)c1ccc(CNC[C@H](O)c2ccc(O)c3[nH]c(=O)ccc23)cc1)C1C2CCC1C(OC(=O)C(O)(c1cccs1)c1cccs1)C2. The molecule has 4 unspecified atom stereocenters. The van der Waals surface area contributed by atoms with Gasteiger partial charge in [-0.1, -0.05) is 30.3 Å². The van der Waals surface area contributed by atoms with Gasteiger partial charge in [-0.05, 0) is 90.5 Å². The lowest BCUT2D eigenvalue weighted by Gasteiger charge is -2.31. The Balaban J connectivity index is 0.873. The number of thiophene rings is 2. The van der Waals surface area contributed by atoms with Crippen molar-refractivity contribution in [1.29, 1.82) is 0 Å². The van der Waals surface area contributed by atoms with E-state index in [4.69, 9.17) is 4.74 Å². The number of pyridine rings is 1. The number of phenolic OH excluding ortho intramolecular Hbond substituents is 1. The molecule has 0 radical (unpaired) electrons. The van der Waals surface area contributed by atoms with E-state index in [0.717, 1.165) is 24.8 Å². The zero-order valence-electron chi connectivity index (χ0n) is 28.7. The molecule has 2 bridgehead atoms. The molecule has 3 heterocycles. The van der Waals surface area contributed by atoms with E-state index >= 15 is 0 Å². The first kappa shape index (κ1) is 36.0. The van der Waals surface area contributed by atoms with Crippen LogP contribution < -0.4 is 16.2 Å². The van der Waals surface area contributed by atoms with E-state index in [0.29, 0.717) is 51.8 Å². The number of esters is 1. The smallest absolute Gasteiger partial charge is 0.349 e. The number of nitrogens with one attached hydrogen (secondary N) is 3. The van der Waals surface area contributed by atoms with Gasteiger partial charge in [0.2, 0.25) is 11.2 Å². The number of aromatic hydroxyl groups is 1. The molecule has 0 spiro atoms. The highest BCUT2D eigenvalue weighted by atomic mass is 32.1. The maximum Gasteiger partial charge on any atom is 0.349 e. The second-order valence-electron chi connectivity index (χ2n) is 13.7. The Morgan fingerprint density at radius 3 is 2.44 bits per heavy atom. The summed E-state index contributed by atoms with van der Waals surface area (Å²) in [6.07, 6.45) is 1.64. The molecule has 2 aromatic carbocycles. The van der Waals surface area contributed by atoms with E-state index in [9.17, 15) is 29.7 Å². The average Bonchev–Trinajstić information content (AvgIpc) is 3.98. The van der Waals surface area contributed by atoms with Crippen LogP contribution in [-0.4, -0.2) is 75.9 Å². The number of H-pyrrole nitrogens is 1. The molecule has 7 rings (SSSR count). The van der Waals surface area contributed by atoms with Crippen LogP contribution in [0.2, 0.25) is 0 Å². The number of aromatic nitrogens is 1. The molecule has 13 heteroatoms. The van der Waals surface area contributed by atoms with E-state index in [1.54, 1.807) is 36.4 Å². The molecule has 0 aliphatic heterocycles. The van der Waals surface area contributed by atoms with Crippen molar-refractivity contribution in [2.24, 2.45) is 11.8 Å². The van der Waals surface area contributed by atoms with E-state index in [1.807, 2.05) is 35.0 Å². The predicted molar refractivity (Wildman–Crippen MR) is 200 cm³/mol. The lowest BCUT2D eigenvalue weighted by Crippen LogP contribution is -2.43. The van der Waals surface area contributed by atoms with Gasteiger partial charge in [0.05, 0.1) is 21.4 Å². The highest BCUT2D eigenvalue weighted by molar-refractivity contribution is 7.12. The average molecular weight is 743 g/mol. The Morgan fingerprint density at radius 1 is 1.02 bits per heavy atom. The number of aliphatic hydroxyl groups excluding tert-OH is 1. The van der Waals surface area contributed by atoms with Crippen molar-refractivity contribution in [2.75, 3.05) is 26.7 Å². The van der Waals surface area contributed by atoms with Gasteiger partial charge in [0.15, 0.2) is 0 Å². The molecule has 2 saturated carbocycles. The minimum absolute atomic E-state index is 0.0580. The molecule has 2 aliphatic carbocycles. The van der Waals surface area contributed by atoms with Gasteiger partial charge in [-0.25, -0.2) is 4.79 Å². The van der Waals surface area contributed by atoms with Crippen molar-refractivity contribution in [1.82, 2.24) is 20.5 Å². The fraction of sp³-hybridized carbons (Fsp3) is 0.359. The Labute approximate surface area is 308 Å². The number of aromatic amines is 1. The van der Waals surface area contributed by atoms with E-state index in [1.165, 1.54) is 34.8 Å². The van der Waals surface area contributed by atoms with Gasteiger partial charge in [0.1, 0.15) is 11.9 Å². The van der Waals surface area contributed by atoms with Crippen molar-refractivity contribution in [3.05, 3.63) is 120 Å². The highest BCUT2D eigenvalue weighted by Crippen LogP contribution is 2.49. The number of carbonyl (C=O) groups excluding carboxylic acids is 2. The zero-order chi connectivity index (χ0) is 36.4. The molecule has 1 amide bonds. The molecule has 2 fully saturated rings. The maximum absolute atomic E-state index is 13.6. The molecule has 2 aliphatic rings. The number of carbonyl (C=O) groups is 2. The van der Waals surface area contributed by atoms with Gasteiger partial charge in [0.25, 0.3) is 5.91 Å². The van der Waals surface area contributed by atoms with Crippen LogP contribution in [0.25, 0.3) is 10.9 Å². The summed E-state index contributed by atoms with van der Waals surface area (Å²) in [6.45, 7) is 1.83. The molecule has 6 N–H and O–H groups in total. The minimum Gasteiger partial charge on any atom is -0.506 e. The third-order valence-electron chi connectivity index (χ3n) is 10.5. The summed E-state index contributed by atoms with van der Waals surface area (Å²) in [7, 11) is 2.06. The second kappa shape index (κ2) is 15.3. The summed E-state index contributed by atoms with van der Waals surface area (Å²) in [6, 6.07) is 20.8. The summed E-state index contributed by atoms with van der Waals surface area (Å²) in [5.74, 6) is -0.293. The van der Waals surface area contributed by atoms with E-state index in [-0.39, 0.29) is 47.3 Å². The Bertz CT molecular complexity index is 2030. The topological polar surface area (TPSA) is 164 Å². The van der Waals surface area contributed by atoms with Crippen LogP contribution in [-0.2, 0) is 21.7 Å². The van der Waals surface area contributed by atoms with Crippen LogP contribution in [0.1, 0.15) is 56.6 Å². The highest BCUT2D eigenvalue weighted by Gasteiger charge is 2.53. The number of amides is 1. The number of nitrogens with zero attached hydrogens (tertiary/aromatic N) is 1. The van der Waals surface area contributed by atoms with E-state index < -0.39 is 17.7 Å². The number of ether oxygens (including phenoxy) is 1. The number of phenols is 1. The van der Waals surface area contributed by atoms with Crippen LogP contribution in [0.3, 0.4) is 0 Å². The largest absolute Gasteiger partial charge is 0.506 e. The van der Waals surface area contributed by atoms with Crippen LogP contribution in [0.5, 0.6) is 5.75 Å². The first-order valence-electron chi connectivity index (χ1n) is 17.5. The molecule has 52 heavy (non-hydrogen) atoms. The summed E-state index contributed by atoms with van der Waals surface area (Å²) in [5.41, 5.74) is 0.218. The lowest BCUT2D eigenvalue weighted by molar-refractivity contribution is -0.170. The van der Waals surface area contributed by atoms with Crippen LogP contribution >= 0.6 is 22.7 Å². The number of hydrogen-bond acceptors (Lipinski definition) is 11. The molecular formula is C39H42N4O7S2. The van der Waals surface area contributed by atoms with Crippen LogP contribution in [0, 0.1) is 11.8 Å². The Kier molecular flexibility index (Phi) is 10.6. The number of hydrogen-bond donors (Lipinski definition) is 6. The fourth-order valence-corrected chi connectivity index (χ4v) is 9.67. The van der Waals surface area contributed by atoms with Gasteiger partial charge in [-0.2, -0.15) is 0 Å². The molecular weight excluding hydrogens is 701 g/mol. The first-order chi connectivity index (χ1) is 25.1. The minimum atomic E-state index is -1.82. The summed E-state index contributed by atoms with van der Waals surface area (Å²) in [4.78, 5) is 44.3. The quantitative estimate of drug-likeness (QED) is 0.0901. The van der Waals surface area contributed by atoms with Gasteiger partial charge in [-0.3, -0.25) is 9.59 Å². The maximum atomic E-state index is 13.6. The fourth-order valence-electron chi connectivity index (χ4n) is 7.95. The van der Waals surface area contributed by atoms with Crippen LogP contribution in [0.15, 0.2) is 88.4 Å². The van der Waals surface area contributed by atoms with Crippen molar-refractivity contribution in [3.8, 4) is 5.75 Å². The molecule has 3 aromatic heterocycles. The Morgan fingerprint density at radius 2 is 1.75 bits per heavy atom. The molecule has 0 saturated heterocycles. The monoisotopic (exact) mass is 742 g/mol. The summed E-state index contributed by atoms with van der Waals surface area (Å²) in [5, 5.41) is 43.1. The standard InChI is InChI=1S/C39H42N4O7S2/c1-43(36-25-10-11-28(36)31(20-25)50-38(48)39(49,32-4-2-18-51-32)33-5-3-19-52-33)17-16-41-37(47)24-8-6-23(7-9-24)21-40-22-30(45)26-12-14-29(44)35-27(26)13-15-34(46)42-35/h2-9,12-15,18-19,25,28,30-31,36,40,44-45,49H,10-11,16-17,20-22H2,1H3,(H,41,47)(H,42,46)/t25?,28?,30-,31?,36?/m0/s1. The third kappa shape index (κ3) is 7.16. The molecule has 5 atom stereocenters. The van der Waals surface area contributed by atoms with Crippen molar-refractivity contribution < 1.29 is 29.6 Å².